The van der Waals surface area contributed by atoms with Gasteiger partial charge >= 0.3 is 0 Å². The quantitative estimate of drug-likeness (QED) is 0.663. The predicted octanol–water partition coefficient (Wildman–Crippen LogP) is 3.87. The molecule has 0 amide bonds. The Morgan fingerprint density at radius 2 is 1.74 bits per heavy atom. The van der Waals surface area contributed by atoms with E-state index in [2.05, 4.69) is 77.7 Å². The van der Waals surface area contributed by atoms with Crippen LogP contribution in [0.4, 0.5) is 0 Å². The Morgan fingerprint density at radius 1 is 1.11 bits per heavy atom. The molecule has 0 aromatic heterocycles. The van der Waals surface area contributed by atoms with Crippen molar-refractivity contribution >= 4 is 15.9 Å². The van der Waals surface area contributed by atoms with Crippen molar-refractivity contribution in [2.24, 2.45) is 5.84 Å². The molecule has 0 radical (unpaired) electrons. The van der Waals surface area contributed by atoms with Crippen LogP contribution in [0, 0.1) is 6.92 Å². The first-order valence-corrected chi connectivity index (χ1v) is 7.26. The number of halogens is 1. The molecule has 0 aliphatic heterocycles. The third kappa shape index (κ3) is 3.24. The van der Waals surface area contributed by atoms with Gasteiger partial charge in [0.2, 0.25) is 0 Å². The lowest BCUT2D eigenvalue weighted by Gasteiger charge is -2.18. The Bertz CT molecular complexity index is 549. The molecule has 0 spiro atoms. The molecule has 3 heteroatoms. The lowest BCUT2D eigenvalue weighted by Crippen LogP contribution is -2.28. The van der Waals surface area contributed by atoms with Crippen molar-refractivity contribution in [3.8, 4) is 0 Å². The molecule has 2 rings (SSSR count). The third-order valence-electron chi connectivity index (χ3n) is 3.42. The summed E-state index contributed by atoms with van der Waals surface area (Å²) in [6.07, 6.45) is 1.05. The summed E-state index contributed by atoms with van der Waals surface area (Å²) in [5.74, 6) is 5.73. The van der Waals surface area contributed by atoms with Gasteiger partial charge in [0.25, 0.3) is 0 Å². The smallest absolute Gasteiger partial charge is 0.0710 e. The average Bonchev–Trinajstić information content (AvgIpc) is 2.44. The molecule has 1 unspecified atom stereocenters. The Hall–Kier alpha value is -1.16. The van der Waals surface area contributed by atoms with Crippen LogP contribution in [0.5, 0.6) is 0 Å². The molecule has 0 heterocycles. The second-order valence-electron chi connectivity index (χ2n) is 4.70. The summed E-state index contributed by atoms with van der Waals surface area (Å²) >= 11 is 3.57. The highest BCUT2D eigenvalue weighted by Gasteiger charge is 2.13. The van der Waals surface area contributed by atoms with Gasteiger partial charge in [0.15, 0.2) is 0 Å². The molecule has 0 aliphatic carbocycles. The third-order valence-corrected chi connectivity index (χ3v) is 4.27. The Morgan fingerprint density at radius 3 is 2.26 bits per heavy atom. The Balaban J connectivity index is 2.34. The van der Waals surface area contributed by atoms with Crippen LogP contribution in [0.2, 0.25) is 0 Å². The van der Waals surface area contributed by atoms with Crippen molar-refractivity contribution in [2.45, 2.75) is 26.3 Å². The highest BCUT2D eigenvalue weighted by Crippen LogP contribution is 2.26. The van der Waals surface area contributed by atoms with Gasteiger partial charge in [-0.15, -0.1) is 0 Å². The molecule has 0 fully saturated rings. The number of hydrazine groups is 1. The van der Waals surface area contributed by atoms with E-state index in [4.69, 9.17) is 5.84 Å². The Kier molecular flexibility index (Phi) is 4.75. The van der Waals surface area contributed by atoms with Gasteiger partial charge in [-0.25, -0.2) is 5.43 Å². The molecule has 0 saturated heterocycles. The van der Waals surface area contributed by atoms with Crippen LogP contribution in [-0.4, -0.2) is 0 Å². The van der Waals surface area contributed by atoms with E-state index in [1.54, 1.807) is 0 Å². The van der Waals surface area contributed by atoms with Crippen molar-refractivity contribution in [1.29, 1.82) is 0 Å². The second kappa shape index (κ2) is 6.33. The number of aryl methyl sites for hydroxylation is 2. The zero-order valence-electron chi connectivity index (χ0n) is 11.3. The van der Waals surface area contributed by atoms with Crippen LogP contribution in [-0.2, 0) is 6.42 Å². The molecule has 2 aromatic carbocycles. The summed E-state index contributed by atoms with van der Waals surface area (Å²) in [6, 6.07) is 14.9. The fourth-order valence-corrected chi connectivity index (χ4v) is 2.52. The first-order valence-electron chi connectivity index (χ1n) is 6.46. The van der Waals surface area contributed by atoms with Gasteiger partial charge in [0, 0.05) is 4.47 Å². The van der Waals surface area contributed by atoms with Gasteiger partial charge in [-0.1, -0.05) is 59.3 Å². The van der Waals surface area contributed by atoms with Crippen molar-refractivity contribution in [1.82, 2.24) is 5.43 Å². The van der Waals surface area contributed by atoms with E-state index in [-0.39, 0.29) is 6.04 Å². The van der Waals surface area contributed by atoms with E-state index in [1.807, 2.05) is 0 Å². The van der Waals surface area contributed by atoms with E-state index in [0.717, 1.165) is 16.5 Å². The van der Waals surface area contributed by atoms with Crippen LogP contribution in [0.3, 0.4) is 0 Å². The number of rotatable bonds is 4. The van der Waals surface area contributed by atoms with E-state index < -0.39 is 0 Å². The summed E-state index contributed by atoms with van der Waals surface area (Å²) in [7, 11) is 0. The van der Waals surface area contributed by atoms with E-state index in [0.29, 0.717) is 0 Å². The van der Waals surface area contributed by atoms with Gasteiger partial charge in [0.05, 0.1) is 6.04 Å². The van der Waals surface area contributed by atoms with Gasteiger partial charge in [-0.2, -0.15) is 0 Å². The largest absolute Gasteiger partial charge is 0.271 e. The first-order chi connectivity index (χ1) is 9.15. The lowest BCUT2D eigenvalue weighted by molar-refractivity contribution is 0.636. The maximum atomic E-state index is 5.73. The second-order valence-corrected chi connectivity index (χ2v) is 5.56. The zero-order chi connectivity index (χ0) is 13.8. The van der Waals surface area contributed by atoms with Crippen LogP contribution >= 0.6 is 15.9 Å². The molecule has 3 N–H and O–H groups in total. The van der Waals surface area contributed by atoms with Crippen molar-refractivity contribution < 1.29 is 0 Å². The number of hydrogen-bond acceptors (Lipinski definition) is 2. The van der Waals surface area contributed by atoms with E-state index in [1.165, 1.54) is 16.7 Å². The van der Waals surface area contributed by atoms with Gasteiger partial charge in [0.1, 0.15) is 0 Å². The normalized spacial score (nSPS) is 12.4. The maximum absolute atomic E-state index is 5.73. The fraction of sp³-hybridized carbons (Fsp3) is 0.250. The van der Waals surface area contributed by atoms with Crippen LogP contribution in [0.1, 0.15) is 35.2 Å². The van der Waals surface area contributed by atoms with E-state index in [9.17, 15) is 0 Å². The lowest BCUT2D eigenvalue weighted by atomic mass is 9.97. The molecule has 0 saturated carbocycles. The summed E-state index contributed by atoms with van der Waals surface area (Å²) in [4.78, 5) is 0. The van der Waals surface area contributed by atoms with Crippen molar-refractivity contribution in [3.05, 3.63) is 69.2 Å². The topological polar surface area (TPSA) is 38.0 Å². The highest BCUT2D eigenvalue weighted by molar-refractivity contribution is 9.10. The molecule has 0 aliphatic rings. The minimum absolute atomic E-state index is 0.0165. The fourth-order valence-electron chi connectivity index (χ4n) is 2.12. The highest BCUT2D eigenvalue weighted by atomic mass is 79.9. The molecule has 19 heavy (non-hydrogen) atoms. The minimum Gasteiger partial charge on any atom is -0.271 e. The van der Waals surface area contributed by atoms with Gasteiger partial charge in [-0.3, -0.25) is 5.84 Å². The number of nitrogens with two attached hydrogens (primary N) is 1. The summed E-state index contributed by atoms with van der Waals surface area (Å²) in [5.41, 5.74) is 7.79. The molecule has 100 valence electrons. The molecular weight excluding hydrogens is 300 g/mol. The molecule has 1 atom stereocenters. The van der Waals surface area contributed by atoms with Crippen LogP contribution in [0.25, 0.3) is 0 Å². The van der Waals surface area contributed by atoms with E-state index >= 15 is 0 Å². The van der Waals surface area contributed by atoms with Gasteiger partial charge in [-0.05, 0) is 41.7 Å². The standard InChI is InChI=1S/C16H19BrN2/c1-3-12-5-8-13(9-6-12)16(19-18)14-7-4-11(2)15(17)10-14/h4-10,16,19H,3,18H2,1-2H3. The first kappa shape index (κ1) is 14.3. The zero-order valence-corrected chi connectivity index (χ0v) is 12.9. The van der Waals surface area contributed by atoms with Gasteiger partial charge < -0.3 is 0 Å². The average molecular weight is 319 g/mol. The monoisotopic (exact) mass is 318 g/mol. The molecule has 0 bridgehead atoms. The van der Waals surface area contributed by atoms with Crippen molar-refractivity contribution in [2.75, 3.05) is 0 Å². The maximum Gasteiger partial charge on any atom is 0.0710 e. The van der Waals surface area contributed by atoms with Crippen LogP contribution < -0.4 is 11.3 Å². The Labute approximate surface area is 123 Å². The minimum atomic E-state index is 0.0165. The summed E-state index contributed by atoms with van der Waals surface area (Å²) in [5, 5.41) is 0. The molecular formula is C16H19BrN2. The summed E-state index contributed by atoms with van der Waals surface area (Å²) < 4.78 is 1.11. The molecule has 2 aromatic rings. The van der Waals surface area contributed by atoms with Crippen LogP contribution in [0.15, 0.2) is 46.9 Å². The summed E-state index contributed by atoms with van der Waals surface area (Å²) in [6.45, 7) is 4.24. The number of nitrogens with one attached hydrogen (secondary N) is 1. The van der Waals surface area contributed by atoms with Crippen molar-refractivity contribution in [3.63, 3.8) is 0 Å². The molecule has 2 nitrogen and oxygen atoms in total. The number of benzene rings is 2. The number of hydrogen-bond donors (Lipinski definition) is 2. The predicted molar refractivity (Wildman–Crippen MR) is 83.9 cm³/mol. The SMILES string of the molecule is CCc1ccc(C(NN)c2ccc(C)c(Br)c2)cc1.